The maximum absolute atomic E-state index is 12.4. The van der Waals surface area contributed by atoms with Gasteiger partial charge in [-0.15, -0.1) is 0 Å². The van der Waals surface area contributed by atoms with E-state index in [-0.39, 0.29) is 24.2 Å². The van der Waals surface area contributed by atoms with Crippen LogP contribution in [0.15, 0.2) is 29.2 Å². The quantitative estimate of drug-likeness (QED) is 0.512. The molecule has 0 fully saturated rings. The molecule has 25 heavy (non-hydrogen) atoms. The number of hydrogen-bond donors (Lipinski definition) is 1. The number of esters is 2. The van der Waals surface area contributed by atoms with Gasteiger partial charge in [0.15, 0.2) is 0 Å². The van der Waals surface area contributed by atoms with Crippen LogP contribution in [0.2, 0.25) is 0 Å². The first-order chi connectivity index (χ1) is 11.7. The van der Waals surface area contributed by atoms with Gasteiger partial charge in [-0.3, -0.25) is 0 Å². The summed E-state index contributed by atoms with van der Waals surface area (Å²) in [5, 5.41) is 0. The molecule has 0 atom stereocenters. The van der Waals surface area contributed by atoms with Gasteiger partial charge in [0.1, 0.15) is 5.75 Å². The van der Waals surface area contributed by atoms with E-state index in [1.807, 2.05) is 18.6 Å². The predicted octanol–water partition coefficient (Wildman–Crippen LogP) is 1.25. The summed E-state index contributed by atoms with van der Waals surface area (Å²) in [7, 11) is -4.14. The van der Waals surface area contributed by atoms with Crippen molar-refractivity contribution in [3.05, 3.63) is 24.3 Å². The average Bonchev–Trinajstić information content (AvgIpc) is 2.53. The molecule has 9 heteroatoms. The highest BCUT2D eigenvalue weighted by molar-refractivity contribution is 7.89. The summed E-state index contributed by atoms with van der Waals surface area (Å²) < 4.78 is 41.8. The molecule has 0 bridgehead atoms. The lowest BCUT2D eigenvalue weighted by Gasteiger charge is -2.16. The maximum atomic E-state index is 12.4. The van der Waals surface area contributed by atoms with Gasteiger partial charge >= 0.3 is 11.9 Å². The van der Waals surface area contributed by atoms with Crippen molar-refractivity contribution in [2.45, 2.75) is 44.7 Å². The Labute approximate surface area is 147 Å². The van der Waals surface area contributed by atoms with Crippen LogP contribution in [-0.2, 0) is 29.1 Å². The van der Waals surface area contributed by atoms with Crippen LogP contribution >= 0.6 is 0 Å². The Morgan fingerprint density at radius 1 is 1.00 bits per heavy atom. The third kappa shape index (κ3) is 6.35. The normalized spacial score (nSPS) is 11.4. The monoisotopic (exact) mass is 373 g/mol. The molecular weight excluding hydrogens is 350 g/mol. The highest BCUT2D eigenvalue weighted by Gasteiger charge is 2.34. The molecule has 0 aliphatic carbocycles. The summed E-state index contributed by atoms with van der Waals surface area (Å²) in [6.45, 7) is 6.77. The van der Waals surface area contributed by atoms with Crippen molar-refractivity contribution in [1.29, 1.82) is 0 Å². The largest absolute Gasteiger partial charge is 0.491 e. The van der Waals surface area contributed by atoms with Crippen LogP contribution in [0, 0.1) is 0 Å². The molecule has 0 saturated heterocycles. The van der Waals surface area contributed by atoms with Crippen molar-refractivity contribution >= 4 is 22.0 Å². The zero-order valence-electron chi connectivity index (χ0n) is 14.6. The van der Waals surface area contributed by atoms with Gasteiger partial charge in [0.05, 0.1) is 24.2 Å². The van der Waals surface area contributed by atoms with E-state index in [0.29, 0.717) is 5.75 Å². The van der Waals surface area contributed by atoms with E-state index < -0.39 is 28.0 Å². The SMILES string of the molecule is CCOC(=O)C(NS(=O)(=O)c1ccc(OC(C)C)cc1)C(=O)OCC. The fourth-order valence-corrected chi connectivity index (χ4v) is 2.97. The molecule has 8 nitrogen and oxygen atoms in total. The molecule has 1 N–H and O–H groups in total. The van der Waals surface area contributed by atoms with Crippen LogP contribution in [0.5, 0.6) is 5.75 Å². The number of benzene rings is 1. The molecule has 0 amide bonds. The summed E-state index contributed by atoms with van der Waals surface area (Å²) in [6, 6.07) is 3.83. The third-order valence-electron chi connectivity index (χ3n) is 2.82. The van der Waals surface area contributed by atoms with E-state index >= 15 is 0 Å². The van der Waals surface area contributed by atoms with Crippen LogP contribution in [0.3, 0.4) is 0 Å². The minimum Gasteiger partial charge on any atom is -0.491 e. The molecule has 0 radical (unpaired) electrons. The highest BCUT2D eigenvalue weighted by atomic mass is 32.2. The lowest BCUT2D eigenvalue weighted by molar-refractivity contribution is -0.157. The summed E-state index contributed by atoms with van der Waals surface area (Å²) >= 11 is 0. The minimum absolute atomic E-state index is 0.00228. The van der Waals surface area contributed by atoms with Gasteiger partial charge < -0.3 is 14.2 Å². The fourth-order valence-electron chi connectivity index (χ4n) is 1.84. The molecule has 0 saturated carbocycles. The Balaban J connectivity index is 3.01. The second-order valence-electron chi connectivity index (χ2n) is 5.20. The van der Waals surface area contributed by atoms with Gasteiger partial charge in [0, 0.05) is 0 Å². The van der Waals surface area contributed by atoms with Gasteiger partial charge in [0.25, 0.3) is 0 Å². The smallest absolute Gasteiger partial charge is 0.335 e. The van der Waals surface area contributed by atoms with Gasteiger partial charge in [0.2, 0.25) is 16.1 Å². The zero-order valence-corrected chi connectivity index (χ0v) is 15.5. The topological polar surface area (TPSA) is 108 Å². The number of rotatable bonds is 9. The van der Waals surface area contributed by atoms with Crippen molar-refractivity contribution < 1.29 is 32.2 Å². The zero-order chi connectivity index (χ0) is 19.0. The minimum atomic E-state index is -4.14. The van der Waals surface area contributed by atoms with Crippen molar-refractivity contribution in [2.24, 2.45) is 0 Å². The summed E-state index contributed by atoms with van der Waals surface area (Å²) in [5.74, 6) is -1.55. The molecule has 0 aromatic heterocycles. The molecule has 1 rings (SSSR count). The Bertz CT molecular complexity index is 665. The molecule has 0 spiro atoms. The Hall–Kier alpha value is -2.13. The van der Waals surface area contributed by atoms with Crippen molar-refractivity contribution in [2.75, 3.05) is 13.2 Å². The van der Waals surface area contributed by atoms with Crippen LogP contribution in [0.1, 0.15) is 27.7 Å². The van der Waals surface area contributed by atoms with E-state index in [1.165, 1.54) is 24.3 Å². The highest BCUT2D eigenvalue weighted by Crippen LogP contribution is 2.17. The molecule has 140 valence electrons. The molecule has 1 aromatic rings. The molecule has 0 heterocycles. The first-order valence-corrected chi connectivity index (χ1v) is 9.31. The Morgan fingerprint density at radius 3 is 1.88 bits per heavy atom. The summed E-state index contributed by atoms with van der Waals surface area (Å²) in [6.07, 6.45) is -0.0578. The van der Waals surface area contributed by atoms with Crippen molar-refractivity contribution in [3.8, 4) is 5.75 Å². The first kappa shape index (κ1) is 20.9. The van der Waals surface area contributed by atoms with Crippen LogP contribution in [0.4, 0.5) is 0 Å². The Kier molecular flexibility index (Phi) is 7.85. The van der Waals surface area contributed by atoms with Gasteiger partial charge in [-0.05, 0) is 52.0 Å². The van der Waals surface area contributed by atoms with E-state index in [1.54, 1.807) is 13.8 Å². The number of sulfonamides is 1. The number of carbonyl (C=O) groups excluding carboxylic acids is 2. The molecule has 1 aromatic carbocycles. The molecular formula is C16H23NO7S. The molecule has 0 unspecified atom stereocenters. The molecule has 0 aliphatic heterocycles. The maximum Gasteiger partial charge on any atom is 0.335 e. The lowest BCUT2D eigenvalue weighted by Crippen LogP contribution is -2.48. The molecule has 0 aliphatic rings. The third-order valence-corrected chi connectivity index (χ3v) is 4.26. The number of ether oxygens (including phenoxy) is 3. The van der Waals surface area contributed by atoms with Gasteiger partial charge in [-0.2, -0.15) is 4.72 Å². The first-order valence-electron chi connectivity index (χ1n) is 7.83. The second-order valence-corrected chi connectivity index (χ2v) is 6.91. The fraction of sp³-hybridized carbons (Fsp3) is 0.500. The van der Waals surface area contributed by atoms with E-state index in [4.69, 9.17) is 14.2 Å². The van der Waals surface area contributed by atoms with Gasteiger partial charge in [-0.1, -0.05) is 0 Å². The predicted molar refractivity (Wildman–Crippen MR) is 89.6 cm³/mol. The Morgan fingerprint density at radius 2 is 1.48 bits per heavy atom. The van der Waals surface area contributed by atoms with Crippen LogP contribution < -0.4 is 9.46 Å². The van der Waals surface area contributed by atoms with Crippen LogP contribution in [0.25, 0.3) is 0 Å². The van der Waals surface area contributed by atoms with E-state index in [9.17, 15) is 18.0 Å². The second kappa shape index (κ2) is 9.38. The summed E-state index contributed by atoms with van der Waals surface area (Å²) in [4.78, 5) is 23.6. The van der Waals surface area contributed by atoms with Crippen LogP contribution in [-0.4, -0.2) is 45.7 Å². The standard InChI is InChI=1S/C16H23NO7S/c1-5-22-15(18)14(16(19)23-6-2)17-25(20,21)13-9-7-12(8-10-13)24-11(3)4/h7-11,14,17H,5-6H2,1-4H3. The number of carbonyl (C=O) groups is 2. The van der Waals surface area contributed by atoms with Crippen molar-refractivity contribution in [3.63, 3.8) is 0 Å². The summed E-state index contributed by atoms with van der Waals surface area (Å²) in [5.41, 5.74) is 0. The van der Waals surface area contributed by atoms with Crippen molar-refractivity contribution in [1.82, 2.24) is 4.72 Å². The lowest BCUT2D eigenvalue weighted by atomic mass is 10.3. The van der Waals surface area contributed by atoms with Gasteiger partial charge in [-0.25, -0.2) is 18.0 Å². The number of nitrogens with one attached hydrogen (secondary N) is 1. The van der Waals surface area contributed by atoms with E-state index in [0.717, 1.165) is 0 Å². The van der Waals surface area contributed by atoms with E-state index in [2.05, 4.69) is 0 Å². The number of hydrogen-bond acceptors (Lipinski definition) is 7. The average molecular weight is 373 g/mol.